The van der Waals surface area contributed by atoms with Crippen LogP contribution in [-0.2, 0) is 22.6 Å². The summed E-state index contributed by atoms with van der Waals surface area (Å²) in [6, 6.07) is 22.5. The Kier molecular flexibility index (Phi) is 7.90. The predicted molar refractivity (Wildman–Crippen MR) is 117 cm³/mol. The van der Waals surface area contributed by atoms with Gasteiger partial charge in [-0.1, -0.05) is 48.5 Å². The van der Waals surface area contributed by atoms with Crippen LogP contribution in [0.1, 0.15) is 22.6 Å². The van der Waals surface area contributed by atoms with Gasteiger partial charge in [-0.15, -0.1) is 0 Å². The molecule has 0 bridgehead atoms. The van der Waals surface area contributed by atoms with E-state index in [-0.39, 0.29) is 6.79 Å². The third-order valence-electron chi connectivity index (χ3n) is 4.83. The number of methoxy groups -OCH3 is 2. The van der Waals surface area contributed by atoms with E-state index in [2.05, 4.69) is 0 Å². The van der Waals surface area contributed by atoms with E-state index in [1.165, 1.54) is 7.11 Å². The fraction of sp³-hybridized carbons (Fsp3) is 0.240. The summed E-state index contributed by atoms with van der Waals surface area (Å²) >= 11 is 0. The summed E-state index contributed by atoms with van der Waals surface area (Å²) in [7, 11) is 3.08. The van der Waals surface area contributed by atoms with Crippen LogP contribution in [-0.4, -0.2) is 32.1 Å². The van der Waals surface area contributed by atoms with Crippen molar-refractivity contribution < 1.29 is 28.8 Å². The first-order valence-electron chi connectivity index (χ1n) is 9.89. The van der Waals surface area contributed by atoms with Gasteiger partial charge in [0.15, 0.2) is 18.3 Å². The number of ether oxygens (including phenoxy) is 4. The smallest absolute Gasteiger partial charge is 0.311 e. The standard InChI is InChI=1S/C25H26O6/c1-28-17-31-24-15-19(8-13-23(24)29-2)14-22(25(26)27)20-9-11-21(12-10-20)30-16-18-6-4-3-5-7-18/h3-13,15,22H,14,16-17H2,1-2H3,(H,26,27)/t22-/m1/s1. The van der Waals surface area contributed by atoms with Gasteiger partial charge < -0.3 is 24.1 Å². The van der Waals surface area contributed by atoms with Gasteiger partial charge in [-0.05, 0) is 47.4 Å². The van der Waals surface area contributed by atoms with E-state index in [4.69, 9.17) is 18.9 Å². The van der Waals surface area contributed by atoms with Crippen LogP contribution in [0.4, 0.5) is 0 Å². The van der Waals surface area contributed by atoms with Gasteiger partial charge in [0.05, 0.1) is 13.0 Å². The summed E-state index contributed by atoms with van der Waals surface area (Å²) in [6.07, 6.45) is 0.312. The average molecular weight is 422 g/mol. The molecule has 0 aliphatic rings. The summed E-state index contributed by atoms with van der Waals surface area (Å²) in [5, 5.41) is 9.81. The Morgan fingerprint density at radius 2 is 1.61 bits per heavy atom. The number of carbonyl (C=O) groups is 1. The minimum absolute atomic E-state index is 0.0760. The van der Waals surface area contributed by atoms with E-state index in [0.29, 0.717) is 35.8 Å². The molecule has 6 nitrogen and oxygen atoms in total. The maximum Gasteiger partial charge on any atom is 0.311 e. The molecule has 0 saturated carbocycles. The highest BCUT2D eigenvalue weighted by Gasteiger charge is 2.21. The molecule has 3 rings (SSSR count). The fourth-order valence-corrected chi connectivity index (χ4v) is 3.20. The molecule has 6 heteroatoms. The van der Waals surface area contributed by atoms with Crippen molar-refractivity contribution in [2.45, 2.75) is 18.9 Å². The van der Waals surface area contributed by atoms with E-state index in [1.54, 1.807) is 43.5 Å². The Bertz CT molecular complexity index is 969. The molecule has 0 saturated heterocycles. The molecule has 0 spiro atoms. The second-order valence-corrected chi connectivity index (χ2v) is 6.97. The molecule has 0 amide bonds. The molecular weight excluding hydrogens is 396 g/mol. The van der Waals surface area contributed by atoms with Crippen LogP contribution in [0.25, 0.3) is 0 Å². The van der Waals surface area contributed by atoms with Gasteiger partial charge in [0.1, 0.15) is 12.4 Å². The van der Waals surface area contributed by atoms with Crippen molar-refractivity contribution in [2.24, 2.45) is 0 Å². The quantitative estimate of drug-likeness (QED) is 0.453. The first kappa shape index (κ1) is 22.2. The molecule has 3 aromatic rings. The third kappa shape index (κ3) is 6.23. The molecule has 0 fully saturated rings. The maximum absolute atomic E-state index is 12.0. The topological polar surface area (TPSA) is 74.2 Å². The zero-order valence-electron chi connectivity index (χ0n) is 17.6. The van der Waals surface area contributed by atoms with Crippen LogP contribution in [0.3, 0.4) is 0 Å². The fourth-order valence-electron chi connectivity index (χ4n) is 3.20. The van der Waals surface area contributed by atoms with Gasteiger partial charge in [-0.2, -0.15) is 0 Å². The lowest BCUT2D eigenvalue weighted by molar-refractivity contribution is -0.138. The first-order chi connectivity index (χ1) is 15.1. The summed E-state index contributed by atoms with van der Waals surface area (Å²) in [4.78, 5) is 12.0. The van der Waals surface area contributed by atoms with Crippen LogP contribution >= 0.6 is 0 Å². The summed E-state index contributed by atoms with van der Waals surface area (Å²) in [5.74, 6) is 0.166. The first-order valence-corrected chi connectivity index (χ1v) is 9.89. The van der Waals surface area contributed by atoms with Gasteiger partial charge in [0.25, 0.3) is 0 Å². The lowest BCUT2D eigenvalue weighted by atomic mass is 9.92. The minimum Gasteiger partial charge on any atom is -0.493 e. The predicted octanol–water partition coefficient (Wildman–Crippen LogP) is 4.67. The average Bonchev–Trinajstić information content (AvgIpc) is 2.81. The second kappa shape index (κ2) is 11.0. The van der Waals surface area contributed by atoms with E-state index in [1.807, 2.05) is 36.4 Å². The van der Waals surface area contributed by atoms with Crippen molar-refractivity contribution in [2.75, 3.05) is 21.0 Å². The lowest BCUT2D eigenvalue weighted by Crippen LogP contribution is -2.14. The van der Waals surface area contributed by atoms with Gasteiger partial charge >= 0.3 is 5.97 Å². The SMILES string of the molecule is COCOc1cc(C[C@@H](C(=O)O)c2ccc(OCc3ccccc3)cc2)ccc1OC. The van der Waals surface area contributed by atoms with E-state index >= 15 is 0 Å². The molecule has 0 unspecified atom stereocenters. The molecular formula is C25H26O6. The van der Waals surface area contributed by atoms with E-state index < -0.39 is 11.9 Å². The molecule has 3 aromatic carbocycles. The summed E-state index contributed by atoms with van der Waals surface area (Å²) < 4.78 is 21.6. The highest BCUT2D eigenvalue weighted by Crippen LogP contribution is 2.31. The molecule has 0 aromatic heterocycles. The Labute approximate surface area is 182 Å². The number of hydrogen-bond acceptors (Lipinski definition) is 5. The van der Waals surface area contributed by atoms with Gasteiger partial charge in [-0.3, -0.25) is 4.79 Å². The Morgan fingerprint density at radius 3 is 2.26 bits per heavy atom. The normalized spacial score (nSPS) is 11.5. The third-order valence-corrected chi connectivity index (χ3v) is 4.83. The molecule has 31 heavy (non-hydrogen) atoms. The molecule has 1 N–H and O–H groups in total. The molecule has 0 aliphatic heterocycles. The molecule has 1 atom stereocenters. The Morgan fingerprint density at radius 1 is 0.871 bits per heavy atom. The molecule has 0 heterocycles. The Hall–Kier alpha value is -3.51. The monoisotopic (exact) mass is 422 g/mol. The number of aliphatic carboxylic acids is 1. The maximum atomic E-state index is 12.0. The number of carboxylic acid groups (broad SMARTS) is 1. The summed E-state index contributed by atoms with van der Waals surface area (Å²) in [5.41, 5.74) is 2.60. The second-order valence-electron chi connectivity index (χ2n) is 6.97. The molecule has 0 aliphatic carbocycles. The van der Waals surface area contributed by atoms with Gasteiger partial charge in [0.2, 0.25) is 0 Å². The van der Waals surface area contributed by atoms with Gasteiger partial charge in [-0.25, -0.2) is 0 Å². The number of benzene rings is 3. The number of hydrogen-bond donors (Lipinski definition) is 1. The minimum atomic E-state index is -0.895. The zero-order valence-corrected chi connectivity index (χ0v) is 17.6. The van der Waals surface area contributed by atoms with Crippen LogP contribution in [0.2, 0.25) is 0 Å². The van der Waals surface area contributed by atoms with Crippen LogP contribution in [0.15, 0.2) is 72.8 Å². The molecule has 0 radical (unpaired) electrons. The number of rotatable bonds is 11. The highest BCUT2D eigenvalue weighted by atomic mass is 16.7. The van der Waals surface area contributed by atoms with Crippen LogP contribution in [0, 0.1) is 0 Å². The van der Waals surface area contributed by atoms with Crippen molar-refractivity contribution in [1.29, 1.82) is 0 Å². The van der Waals surface area contributed by atoms with Crippen molar-refractivity contribution in [3.63, 3.8) is 0 Å². The van der Waals surface area contributed by atoms with E-state index in [0.717, 1.165) is 11.1 Å². The van der Waals surface area contributed by atoms with Gasteiger partial charge in [0, 0.05) is 7.11 Å². The van der Waals surface area contributed by atoms with Crippen molar-refractivity contribution in [3.05, 3.63) is 89.5 Å². The van der Waals surface area contributed by atoms with Crippen molar-refractivity contribution in [3.8, 4) is 17.2 Å². The molecule has 162 valence electrons. The zero-order chi connectivity index (χ0) is 22.1. The Balaban J connectivity index is 1.71. The summed E-state index contributed by atoms with van der Waals surface area (Å²) in [6.45, 7) is 0.533. The number of carboxylic acids is 1. The van der Waals surface area contributed by atoms with E-state index in [9.17, 15) is 9.90 Å². The highest BCUT2D eigenvalue weighted by molar-refractivity contribution is 5.76. The van der Waals surface area contributed by atoms with Crippen molar-refractivity contribution in [1.82, 2.24) is 0 Å². The van der Waals surface area contributed by atoms with Crippen LogP contribution < -0.4 is 14.2 Å². The lowest BCUT2D eigenvalue weighted by Gasteiger charge is -2.16. The van der Waals surface area contributed by atoms with Crippen molar-refractivity contribution >= 4 is 5.97 Å². The largest absolute Gasteiger partial charge is 0.493 e. The van der Waals surface area contributed by atoms with Crippen LogP contribution in [0.5, 0.6) is 17.2 Å².